The van der Waals surface area contributed by atoms with Crippen molar-refractivity contribution in [2.24, 2.45) is 5.16 Å². The molecule has 0 radical (unpaired) electrons. The molecule has 0 aliphatic carbocycles. The molecule has 1 aliphatic heterocycles. The van der Waals surface area contributed by atoms with E-state index in [1.165, 1.54) is 0 Å². The van der Waals surface area contributed by atoms with Gasteiger partial charge in [-0.25, -0.2) is 9.59 Å². The number of carbonyl (C=O) groups excluding carboxylic acids is 1. The van der Waals surface area contributed by atoms with Gasteiger partial charge in [0.25, 0.3) is 0 Å². The predicted octanol–water partition coefficient (Wildman–Crippen LogP) is 2.66. The van der Waals surface area contributed by atoms with E-state index in [2.05, 4.69) is 5.16 Å². The van der Waals surface area contributed by atoms with Crippen molar-refractivity contribution in [3.8, 4) is 5.75 Å². The highest BCUT2D eigenvalue weighted by molar-refractivity contribution is 5.98. The first-order valence-corrected chi connectivity index (χ1v) is 8.22. The molecule has 0 aromatic heterocycles. The third-order valence-corrected chi connectivity index (χ3v) is 3.66. The van der Waals surface area contributed by atoms with Crippen molar-refractivity contribution >= 4 is 17.8 Å². The van der Waals surface area contributed by atoms with Gasteiger partial charge in [0, 0.05) is 6.42 Å². The second kappa shape index (κ2) is 8.07. The summed E-state index contributed by atoms with van der Waals surface area (Å²) in [6.07, 6.45) is -0.567. The predicted molar refractivity (Wildman–Crippen MR) is 94.2 cm³/mol. The first-order chi connectivity index (χ1) is 12.2. The van der Waals surface area contributed by atoms with E-state index in [9.17, 15) is 14.7 Å². The molecule has 1 amide bonds. The lowest BCUT2D eigenvalue weighted by atomic mass is 10.2. The van der Waals surface area contributed by atoms with Crippen LogP contribution >= 0.6 is 0 Å². The van der Waals surface area contributed by atoms with Crippen LogP contribution in [0.5, 0.6) is 5.75 Å². The molecule has 1 atom stereocenters. The smallest absolute Gasteiger partial charge is 0.411 e. The van der Waals surface area contributed by atoms with Crippen molar-refractivity contribution in [3.05, 3.63) is 29.8 Å². The van der Waals surface area contributed by atoms with Crippen LogP contribution in [-0.4, -0.2) is 53.1 Å². The summed E-state index contributed by atoms with van der Waals surface area (Å²) in [5.41, 5.74) is 0.675. The van der Waals surface area contributed by atoms with Gasteiger partial charge in [-0.15, -0.1) is 0 Å². The molecule has 2 rings (SSSR count). The summed E-state index contributed by atoms with van der Waals surface area (Å²) in [7, 11) is 1.59. The molecule has 0 saturated carbocycles. The molecule has 142 valence electrons. The number of hydrogen-bond acceptors (Lipinski definition) is 6. The minimum atomic E-state index is -1.10. The van der Waals surface area contributed by atoms with Gasteiger partial charge in [0.05, 0.1) is 19.4 Å². The average molecular weight is 364 g/mol. The number of hydrogen-bond donors (Lipinski definition) is 1. The zero-order chi connectivity index (χ0) is 19.3. The van der Waals surface area contributed by atoms with E-state index in [4.69, 9.17) is 14.3 Å². The number of nitrogens with zero attached hydrogens (tertiary/aromatic N) is 2. The Balaban J connectivity index is 1.97. The monoisotopic (exact) mass is 364 g/mol. The number of aliphatic carboxylic acids is 1. The Hall–Kier alpha value is -2.77. The van der Waals surface area contributed by atoms with E-state index in [-0.39, 0.29) is 19.6 Å². The van der Waals surface area contributed by atoms with Gasteiger partial charge in [-0.1, -0.05) is 17.3 Å². The largest absolute Gasteiger partial charge is 0.497 e. The lowest BCUT2D eigenvalue weighted by Gasteiger charge is -2.26. The van der Waals surface area contributed by atoms with E-state index < -0.39 is 23.7 Å². The highest BCUT2D eigenvalue weighted by Gasteiger charge is 2.40. The van der Waals surface area contributed by atoms with Crippen molar-refractivity contribution in [2.45, 2.75) is 45.4 Å². The first kappa shape index (κ1) is 19.6. The topological polar surface area (TPSA) is 97.7 Å². The summed E-state index contributed by atoms with van der Waals surface area (Å²) in [4.78, 5) is 30.1. The van der Waals surface area contributed by atoms with Gasteiger partial charge in [-0.3, -0.25) is 4.90 Å². The lowest BCUT2D eigenvalue weighted by molar-refractivity contribution is -0.142. The maximum Gasteiger partial charge on any atom is 0.411 e. The van der Waals surface area contributed by atoms with Crippen LogP contribution in [0, 0.1) is 0 Å². The van der Waals surface area contributed by atoms with Crippen molar-refractivity contribution < 1.29 is 29.0 Å². The van der Waals surface area contributed by atoms with Crippen molar-refractivity contribution in [2.75, 3.05) is 13.7 Å². The van der Waals surface area contributed by atoms with Crippen LogP contribution in [0.15, 0.2) is 29.4 Å². The van der Waals surface area contributed by atoms with Gasteiger partial charge >= 0.3 is 12.1 Å². The van der Waals surface area contributed by atoms with E-state index in [1.54, 1.807) is 27.9 Å². The number of likely N-dealkylation sites (tertiary alicyclic amines) is 1. The summed E-state index contributed by atoms with van der Waals surface area (Å²) >= 11 is 0. The highest BCUT2D eigenvalue weighted by Crippen LogP contribution is 2.20. The number of carboxylic acids is 1. The third kappa shape index (κ3) is 5.37. The number of ether oxygens (including phenoxy) is 2. The fourth-order valence-corrected chi connectivity index (χ4v) is 2.42. The molecule has 1 saturated heterocycles. The fraction of sp³-hybridized carbons (Fsp3) is 0.500. The van der Waals surface area contributed by atoms with E-state index in [1.807, 2.05) is 24.3 Å². The number of rotatable bonds is 5. The Kier molecular flexibility index (Phi) is 6.07. The number of carbonyl (C=O) groups is 2. The first-order valence-electron chi connectivity index (χ1n) is 8.22. The Morgan fingerprint density at radius 3 is 2.46 bits per heavy atom. The Morgan fingerprint density at radius 1 is 1.27 bits per heavy atom. The van der Waals surface area contributed by atoms with E-state index in [0.717, 1.165) is 16.2 Å². The molecular weight excluding hydrogens is 340 g/mol. The van der Waals surface area contributed by atoms with Crippen LogP contribution in [0.2, 0.25) is 0 Å². The number of carboxylic acid groups (broad SMARTS) is 1. The summed E-state index contributed by atoms with van der Waals surface area (Å²) in [6, 6.07) is 6.31. The molecule has 1 aromatic carbocycles. The summed E-state index contributed by atoms with van der Waals surface area (Å²) in [6.45, 7) is 5.48. The minimum Gasteiger partial charge on any atom is -0.497 e. The molecule has 26 heavy (non-hydrogen) atoms. The standard InChI is InChI=1S/C18H24N2O6/c1-18(2,3)26-17(23)20-10-13(9-15(20)16(21)22)19-25-11-12-5-7-14(24-4)8-6-12/h5-8,15H,9-11H2,1-4H3,(H,21,22). The summed E-state index contributed by atoms with van der Waals surface area (Å²) in [5.74, 6) is -0.357. The Bertz CT molecular complexity index is 678. The number of benzene rings is 1. The molecular formula is C18H24N2O6. The Morgan fingerprint density at radius 2 is 1.92 bits per heavy atom. The van der Waals surface area contributed by atoms with Gasteiger partial charge in [0.2, 0.25) is 0 Å². The van der Waals surface area contributed by atoms with Gasteiger partial charge in [-0.2, -0.15) is 0 Å². The molecule has 1 aromatic rings. The lowest BCUT2D eigenvalue weighted by Crippen LogP contribution is -2.43. The van der Waals surface area contributed by atoms with Crippen LogP contribution < -0.4 is 4.74 Å². The molecule has 1 heterocycles. The molecule has 8 heteroatoms. The quantitative estimate of drug-likeness (QED) is 0.807. The van der Waals surface area contributed by atoms with Crippen molar-refractivity contribution in [1.29, 1.82) is 0 Å². The average Bonchev–Trinajstić information content (AvgIpc) is 2.99. The zero-order valence-electron chi connectivity index (χ0n) is 15.4. The van der Waals surface area contributed by atoms with Crippen LogP contribution in [-0.2, 0) is 21.0 Å². The van der Waals surface area contributed by atoms with Crippen molar-refractivity contribution in [3.63, 3.8) is 0 Å². The molecule has 8 nitrogen and oxygen atoms in total. The molecule has 0 spiro atoms. The number of oxime groups is 1. The van der Waals surface area contributed by atoms with Crippen molar-refractivity contribution in [1.82, 2.24) is 4.90 Å². The van der Waals surface area contributed by atoms with Crippen LogP contribution in [0.25, 0.3) is 0 Å². The van der Waals surface area contributed by atoms with Gasteiger partial charge in [-0.05, 0) is 38.5 Å². The maximum absolute atomic E-state index is 12.2. The fourth-order valence-electron chi connectivity index (χ4n) is 2.42. The number of methoxy groups -OCH3 is 1. The van der Waals surface area contributed by atoms with Crippen LogP contribution in [0.4, 0.5) is 4.79 Å². The minimum absolute atomic E-state index is 0.0640. The molecule has 1 unspecified atom stereocenters. The molecule has 0 bridgehead atoms. The molecule has 1 fully saturated rings. The second-order valence-corrected chi connectivity index (χ2v) is 6.95. The summed E-state index contributed by atoms with van der Waals surface area (Å²) < 4.78 is 10.3. The van der Waals surface area contributed by atoms with Gasteiger partial charge in [0.15, 0.2) is 0 Å². The normalized spacial score (nSPS) is 18.7. The highest BCUT2D eigenvalue weighted by atomic mass is 16.6. The SMILES string of the molecule is COc1ccc(CON=C2CC(C(=O)O)N(C(=O)OC(C)(C)C)C2)cc1. The van der Waals surface area contributed by atoms with Crippen LogP contribution in [0.1, 0.15) is 32.8 Å². The third-order valence-electron chi connectivity index (χ3n) is 3.66. The van der Waals surface area contributed by atoms with E-state index >= 15 is 0 Å². The zero-order valence-corrected chi connectivity index (χ0v) is 15.4. The second-order valence-electron chi connectivity index (χ2n) is 6.95. The Labute approximate surface area is 152 Å². The molecule has 1 aliphatic rings. The molecule has 1 N–H and O–H groups in total. The summed E-state index contributed by atoms with van der Waals surface area (Å²) in [5, 5.41) is 13.3. The van der Waals surface area contributed by atoms with Gasteiger partial charge < -0.3 is 19.4 Å². The number of amides is 1. The van der Waals surface area contributed by atoms with Crippen LogP contribution in [0.3, 0.4) is 0 Å². The maximum atomic E-state index is 12.2. The van der Waals surface area contributed by atoms with E-state index in [0.29, 0.717) is 5.71 Å². The van der Waals surface area contributed by atoms with Gasteiger partial charge in [0.1, 0.15) is 24.0 Å².